The van der Waals surface area contributed by atoms with Crippen LogP contribution in [0.2, 0.25) is 10.0 Å². The molecule has 8 nitrogen and oxygen atoms in total. The van der Waals surface area contributed by atoms with Gasteiger partial charge in [0.2, 0.25) is 15.8 Å². The third-order valence-electron chi connectivity index (χ3n) is 7.10. The lowest BCUT2D eigenvalue weighted by Gasteiger charge is -2.22. The van der Waals surface area contributed by atoms with Crippen LogP contribution in [-0.4, -0.2) is 31.6 Å². The van der Waals surface area contributed by atoms with Crippen molar-refractivity contribution in [2.75, 3.05) is 12.0 Å². The minimum atomic E-state index is -3.97. The third kappa shape index (κ3) is 6.37. The number of esters is 1. The second-order valence-electron chi connectivity index (χ2n) is 10.1. The Morgan fingerprint density at radius 3 is 2.30 bits per heavy atom. The number of ether oxygens (including phenoxy) is 1. The van der Waals surface area contributed by atoms with Gasteiger partial charge in [-0.3, -0.25) is 4.79 Å². The number of furan rings is 1. The predicted molar refractivity (Wildman–Crippen MR) is 169 cm³/mol. The summed E-state index contributed by atoms with van der Waals surface area (Å²) in [6, 6.07) is 23.9. The number of rotatable bonds is 9. The Labute approximate surface area is 265 Å². The molecule has 0 saturated heterocycles. The number of para-hydroxylation sites is 1. The SMILES string of the molecule is COC(=O)C1=C(C)N(c2ccccc2)/C(=C/c2ccc(CN(Cc3ccc(Cl)c(Cl)c3)S(=O)(=O)c3ccc(C)cc3)o2)C1=O. The van der Waals surface area contributed by atoms with Gasteiger partial charge in [0.1, 0.15) is 17.1 Å². The standard InChI is InChI=1S/C33H28Cl2N2O6S/c1-21-9-14-27(15-10-21)44(40,41)36(19-23-11-16-28(34)29(35)17-23)20-26-13-12-25(43-26)18-30-32(38)31(33(39)42-3)22(2)37(30)24-7-5-4-6-8-24/h4-18H,19-20H2,1-3H3/b30-18+. The number of allylic oxidation sites excluding steroid dienone is 2. The van der Waals surface area contributed by atoms with Gasteiger partial charge >= 0.3 is 5.97 Å². The van der Waals surface area contributed by atoms with Gasteiger partial charge in [-0.05, 0) is 67.9 Å². The van der Waals surface area contributed by atoms with Gasteiger partial charge in [-0.2, -0.15) is 4.31 Å². The molecule has 5 rings (SSSR count). The quantitative estimate of drug-likeness (QED) is 0.108. The molecule has 0 atom stereocenters. The monoisotopic (exact) mass is 650 g/mol. The fourth-order valence-corrected chi connectivity index (χ4v) is 6.58. The van der Waals surface area contributed by atoms with Crippen LogP contribution in [0.4, 0.5) is 5.69 Å². The molecule has 0 bridgehead atoms. The Bertz CT molecular complexity index is 1900. The van der Waals surface area contributed by atoms with E-state index in [4.69, 9.17) is 32.4 Å². The minimum absolute atomic E-state index is 0.00387. The van der Waals surface area contributed by atoms with E-state index in [0.717, 1.165) is 5.56 Å². The summed E-state index contributed by atoms with van der Waals surface area (Å²) < 4.78 is 39.8. The number of ketones is 1. The Morgan fingerprint density at radius 1 is 0.932 bits per heavy atom. The van der Waals surface area contributed by atoms with Gasteiger partial charge in [0.15, 0.2) is 0 Å². The highest BCUT2D eigenvalue weighted by Gasteiger charge is 2.38. The number of nitrogens with zero attached hydrogens (tertiary/aromatic N) is 2. The average Bonchev–Trinajstić information content (AvgIpc) is 3.55. The maximum atomic E-state index is 13.8. The Hall–Kier alpha value is -4.15. The summed E-state index contributed by atoms with van der Waals surface area (Å²) in [7, 11) is -2.75. The van der Waals surface area contributed by atoms with Gasteiger partial charge in [-0.1, -0.05) is 65.2 Å². The lowest BCUT2D eigenvalue weighted by atomic mass is 10.1. The zero-order valence-corrected chi connectivity index (χ0v) is 26.4. The molecule has 1 aliphatic heterocycles. The number of carbonyl (C=O) groups excluding carboxylic acids is 2. The topological polar surface area (TPSA) is 97.1 Å². The van der Waals surface area contributed by atoms with E-state index < -0.39 is 21.8 Å². The number of sulfonamides is 1. The average molecular weight is 652 g/mol. The van der Waals surface area contributed by atoms with E-state index >= 15 is 0 Å². The van der Waals surface area contributed by atoms with Crippen LogP contribution < -0.4 is 4.90 Å². The second kappa shape index (κ2) is 12.8. The van der Waals surface area contributed by atoms with Gasteiger partial charge < -0.3 is 14.1 Å². The number of hydrogen-bond donors (Lipinski definition) is 0. The molecule has 2 heterocycles. The van der Waals surface area contributed by atoms with Crippen molar-refractivity contribution in [3.8, 4) is 0 Å². The van der Waals surface area contributed by atoms with Crippen molar-refractivity contribution in [3.63, 3.8) is 0 Å². The lowest BCUT2D eigenvalue weighted by molar-refractivity contribution is -0.137. The van der Waals surface area contributed by atoms with Gasteiger partial charge in [-0.15, -0.1) is 0 Å². The van der Waals surface area contributed by atoms with Crippen molar-refractivity contribution in [2.24, 2.45) is 0 Å². The highest BCUT2D eigenvalue weighted by atomic mass is 35.5. The third-order valence-corrected chi connectivity index (χ3v) is 9.64. The second-order valence-corrected chi connectivity index (χ2v) is 12.9. The predicted octanol–water partition coefficient (Wildman–Crippen LogP) is 7.16. The first-order valence-corrected chi connectivity index (χ1v) is 15.7. The van der Waals surface area contributed by atoms with Crippen LogP contribution in [0.1, 0.15) is 29.6 Å². The molecule has 11 heteroatoms. The molecule has 44 heavy (non-hydrogen) atoms. The van der Waals surface area contributed by atoms with Crippen LogP contribution in [0.5, 0.6) is 0 Å². The van der Waals surface area contributed by atoms with E-state index in [0.29, 0.717) is 38.5 Å². The maximum absolute atomic E-state index is 13.8. The van der Waals surface area contributed by atoms with Crippen LogP contribution in [-0.2, 0) is 37.4 Å². The molecule has 1 aromatic heterocycles. The first kappa shape index (κ1) is 31.3. The highest BCUT2D eigenvalue weighted by Crippen LogP contribution is 2.36. The van der Waals surface area contributed by atoms with Crippen molar-refractivity contribution in [2.45, 2.75) is 31.8 Å². The first-order valence-electron chi connectivity index (χ1n) is 13.5. The summed E-state index contributed by atoms with van der Waals surface area (Å²) in [6.07, 6.45) is 1.52. The van der Waals surface area contributed by atoms with Crippen molar-refractivity contribution < 1.29 is 27.2 Å². The van der Waals surface area contributed by atoms with Crippen LogP contribution >= 0.6 is 23.2 Å². The van der Waals surface area contributed by atoms with Gasteiger partial charge in [0, 0.05) is 24.0 Å². The molecule has 0 unspecified atom stereocenters. The number of methoxy groups -OCH3 is 1. The van der Waals surface area contributed by atoms with Crippen LogP contribution in [0.15, 0.2) is 111 Å². The van der Waals surface area contributed by atoms with E-state index in [1.165, 1.54) is 17.5 Å². The Morgan fingerprint density at radius 2 is 1.64 bits per heavy atom. The van der Waals surface area contributed by atoms with Crippen LogP contribution in [0.3, 0.4) is 0 Å². The summed E-state index contributed by atoms with van der Waals surface area (Å²) in [5.74, 6) is -0.622. The molecule has 0 fully saturated rings. The molecule has 0 spiro atoms. The van der Waals surface area contributed by atoms with Crippen LogP contribution in [0, 0.1) is 6.92 Å². The smallest absolute Gasteiger partial charge is 0.343 e. The summed E-state index contributed by atoms with van der Waals surface area (Å²) in [6.45, 7) is 3.43. The Balaban J connectivity index is 1.50. The normalized spacial score (nSPS) is 14.6. The summed E-state index contributed by atoms with van der Waals surface area (Å²) in [5, 5.41) is 0.668. The molecule has 0 N–H and O–H groups in total. The minimum Gasteiger partial charge on any atom is -0.465 e. The number of halogens is 2. The van der Waals surface area contributed by atoms with E-state index in [9.17, 15) is 18.0 Å². The summed E-state index contributed by atoms with van der Waals surface area (Å²) >= 11 is 12.3. The lowest BCUT2D eigenvalue weighted by Crippen LogP contribution is -2.30. The molecule has 0 amide bonds. The Kier molecular flexibility index (Phi) is 9.12. The largest absolute Gasteiger partial charge is 0.465 e. The summed E-state index contributed by atoms with van der Waals surface area (Å²) in [4.78, 5) is 27.7. The van der Waals surface area contributed by atoms with Crippen molar-refractivity contribution in [3.05, 3.63) is 135 Å². The fraction of sp³-hybridized carbons (Fsp3) is 0.152. The number of benzene rings is 3. The molecule has 3 aromatic carbocycles. The molecular formula is C33H28Cl2N2O6S. The zero-order valence-electron chi connectivity index (χ0n) is 24.1. The van der Waals surface area contributed by atoms with Crippen LogP contribution in [0.25, 0.3) is 6.08 Å². The highest BCUT2D eigenvalue weighted by molar-refractivity contribution is 7.89. The van der Waals surface area contributed by atoms with Gasteiger partial charge in [0.25, 0.3) is 0 Å². The summed E-state index contributed by atoms with van der Waals surface area (Å²) in [5.41, 5.74) is 2.77. The van der Waals surface area contributed by atoms with E-state index in [1.54, 1.807) is 66.4 Å². The van der Waals surface area contributed by atoms with Crippen molar-refractivity contribution in [1.29, 1.82) is 0 Å². The van der Waals surface area contributed by atoms with E-state index in [-0.39, 0.29) is 29.3 Å². The molecular weight excluding hydrogens is 623 g/mol. The number of anilines is 1. The maximum Gasteiger partial charge on any atom is 0.343 e. The molecule has 1 aliphatic rings. The molecule has 0 radical (unpaired) electrons. The first-order chi connectivity index (χ1) is 21.0. The number of carbonyl (C=O) groups is 2. The molecule has 0 aliphatic carbocycles. The van der Waals surface area contributed by atoms with E-state index in [1.807, 2.05) is 37.3 Å². The van der Waals surface area contributed by atoms with Crippen molar-refractivity contribution >= 4 is 56.7 Å². The number of aryl methyl sites for hydroxylation is 1. The van der Waals surface area contributed by atoms with E-state index in [2.05, 4.69) is 0 Å². The van der Waals surface area contributed by atoms with Gasteiger partial charge in [0.05, 0.1) is 34.3 Å². The molecule has 226 valence electrons. The number of Topliss-reactive ketones (excluding diaryl/α,β-unsaturated/α-hetero) is 1. The van der Waals surface area contributed by atoms with Crippen molar-refractivity contribution in [1.82, 2.24) is 4.31 Å². The molecule has 4 aromatic rings. The fourth-order valence-electron chi connectivity index (χ4n) is 4.86. The number of hydrogen-bond acceptors (Lipinski definition) is 7. The van der Waals surface area contributed by atoms with Gasteiger partial charge in [-0.25, -0.2) is 13.2 Å². The zero-order chi connectivity index (χ0) is 31.6. The molecule has 0 saturated carbocycles.